The highest BCUT2D eigenvalue weighted by molar-refractivity contribution is 9.10. The number of pyridine rings is 1. The van der Waals surface area contributed by atoms with Crippen molar-refractivity contribution in [3.8, 4) is 0 Å². The van der Waals surface area contributed by atoms with E-state index in [9.17, 15) is 4.79 Å². The fourth-order valence-electron chi connectivity index (χ4n) is 2.88. The average Bonchev–Trinajstić information content (AvgIpc) is 2.57. The molecule has 3 rings (SSSR count). The molecule has 5 heteroatoms. The molecule has 1 atom stereocenters. The van der Waals surface area contributed by atoms with E-state index < -0.39 is 0 Å². The van der Waals surface area contributed by atoms with E-state index in [0.29, 0.717) is 11.6 Å². The summed E-state index contributed by atoms with van der Waals surface area (Å²) in [6.45, 7) is 4.40. The van der Waals surface area contributed by atoms with Gasteiger partial charge in [-0.15, -0.1) is 0 Å². The molecule has 0 saturated carbocycles. The molecule has 120 valence electrons. The molecule has 4 nitrogen and oxygen atoms in total. The molecule has 0 aliphatic carbocycles. The summed E-state index contributed by atoms with van der Waals surface area (Å²) < 4.78 is 0.854. The van der Waals surface area contributed by atoms with Crippen LogP contribution in [0.15, 0.2) is 47.1 Å². The highest BCUT2D eigenvalue weighted by atomic mass is 79.9. The number of carbonyl (C=O) groups is 1. The summed E-state index contributed by atoms with van der Waals surface area (Å²) >= 11 is 3.42. The van der Waals surface area contributed by atoms with Crippen LogP contribution in [-0.4, -0.2) is 24.0 Å². The van der Waals surface area contributed by atoms with E-state index in [1.54, 1.807) is 12.3 Å². The maximum Gasteiger partial charge on any atom is 0.274 e. The van der Waals surface area contributed by atoms with Gasteiger partial charge in [-0.25, -0.2) is 4.98 Å². The molecule has 0 radical (unpaired) electrons. The Labute approximate surface area is 145 Å². The quantitative estimate of drug-likeness (QED) is 0.870. The Balaban J connectivity index is 1.69. The molecule has 1 fully saturated rings. The zero-order chi connectivity index (χ0) is 16.2. The van der Waals surface area contributed by atoms with E-state index in [2.05, 4.69) is 38.1 Å². The van der Waals surface area contributed by atoms with Crippen LogP contribution in [0.1, 0.15) is 30.3 Å². The van der Waals surface area contributed by atoms with Gasteiger partial charge in [0.05, 0.1) is 17.6 Å². The number of hydrogen-bond acceptors (Lipinski definition) is 3. The second-order valence-electron chi connectivity index (χ2n) is 6.03. The van der Waals surface area contributed by atoms with Gasteiger partial charge in [0.25, 0.3) is 5.91 Å². The molecule has 1 unspecified atom stereocenters. The number of halogens is 1. The first-order valence-electron chi connectivity index (χ1n) is 7.90. The van der Waals surface area contributed by atoms with E-state index in [1.165, 1.54) is 12.8 Å². The predicted octanol–water partition coefficient (Wildman–Crippen LogP) is 4.33. The van der Waals surface area contributed by atoms with E-state index in [0.717, 1.165) is 28.9 Å². The minimum Gasteiger partial charge on any atom is -0.370 e. The molecule has 1 aromatic carbocycles. The summed E-state index contributed by atoms with van der Waals surface area (Å²) in [5.41, 5.74) is 2.26. The zero-order valence-corrected chi connectivity index (χ0v) is 14.7. The predicted molar refractivity (Wildman–Crippen MR) is 96.9 cm³/mol. The smallest absolute Gasteiger partial charge is 0.274 e. The lowest BCUT2D eigenvalue weighted by atomic mass is 10.00. The Hall–Kier alpha value is -1.88. The van der Waals surface area contributed by atoms with E-state index in [1.807, 2.05) is 30.3 Å². The standard InChI is InChI=1S/C18H20BrN3O/c1-13-5-4-10-22(12-13)14-8-9-17(20-11-14)18(23)21-16-7-3-2-6-15(16)19/h2-3,6-9,11,13H,4-5,10,12H2,1H3,(H,21,23). The highest BCUT2D eigenvalue weighted by Gasteiger charge is 2.17. The SMILES string of the molecule is CC1CCCN(c2ccc(C(=O)Nc3ccccc3Br)nc2)C1. The zero-order valence-electron chi connectivity index (χ0n) is 13.1. The van der Waals surface area contributed by atoms with Crippen LogP contribution in [0.25, 0.3) is 0 Å². The molecule has 0 spiro atoms. The third-order valence-corrected chi connectivity index (χ3v) is 4.82. The van der Waals surface area contributed by atoms with Crippen LogP contribution in [-0.2, 0) is 0 Å². The molecule has 1 aromatic heterocycles. The van der Waals surface area contributed by atoms with Gasteiger partial charge < -0.3 is 10.2 Å². The molecule has 23 heavy (non-hydrogen) atoms. The number of para-hydroxylation sites is 1. The van der Waals surface area contributed by atoms with Crippen molar-refractivity contribution < 1.29 is 4.79 Å². The lowest BCUT2D eigenvalue weighted by Gasteiger charge is -2.32. The number of nitrogens with zero attached hydrogens (tertiary/aromatic N) is 2. The Kier molecular flexibility index (Phi) is 4.96. The summed E-state index contributed by atoms with van der Waals surface area (Å²) in [5.74, 6) is 0.512. The Morgan fingerprint density at radius 1 is 1.30 bits per heavy atom. The molecule has 0 bridgehead atoms. The van der Waals surface area contributed by atoms with Gasteiger partial charge in [0.15, 0.2) is 0 Å². The first-order valence-corrected chi connectivity index (χ1v) is 8.69. The summed E-state index contributed by atoms with van der Waals surface area (Å²) in [5, 5.41) is 2.87. The molecule has 2 aromatic rings. The molecule has 1 saturated heterocycles. The molecular weight excluding hydrogens is 354 g/mol. The highest BCUT2D eigenvalue weighted by Crippen LogP contribution is 2.24. The summed E-state index contributed by atoms with van der Waals surface area (Å²) in [4.78, 5) is 19.0. The van der Waals surface area contributed by atoms with Crippen LogP contribution in [0, 0.1) is 5.92 Å². The van der Waals surface area contributed by atoms with Crippen LogP contribution in [0.2, 0.25) is 0 Å². The fourth-order valence-corrected chi connectivity index (χ4v) is 3.26. The van der Waals surface area contributed by atoms with Gasteiger partial charge in [0, 0.05) is 17.6 Å². The number of nitrogens with one attached hydrogen (secondary N) is 1. The molecule has 1 amide bonds. The van der Waals surface area contributed by atoms with E-state index in [4.69, 9.17) is 0 Å². The lowest BCUT2D eigenvalue weighted by Crippen LogP contribution is -2.34. The summed E-state index contributed by atoms with van der Waals surface area (Å²) in [6, 6.07) is 11.3. The van der Waals surface area contributed by atoms with Gasteiger partial charge in [-0.3, -0.25) is 4.79 Å². The number of hydrogen-bond donors (Lipinski definition) is 1. The minimum absolute atomic E-state index is 0.199. The van der Waals surface area contributed by atoms with Crippen LogP contribution in [0.4, 0.5) is 11.4 Å². The van der Waals surface area contributed by atoms with Crippen molar-refractivity contribution in [1.29, 1.82) is 0 Å². The first kappa shape index (κ1) is 16.0. The van der Waals surface area contributed by atoms with Gasteiger partial charge in [0.1, 0.15) is 5.69 Å². The number of amides is 1. The van der Waals surface area contributed by atoms with Crippen molar-refractivity contribution in [2.24, 2.45) is 5.92 Å². The van der Waals surface area contributed by atoms with Crippen LogP contribution >= 0.6 is 15.9 Å². The van der Waals surface area contributed by atoms with Crippen LogP contribution in [0.5, 0.6) is 0 Å². The number of rotatable bonds is 3. The second-order valence-corrected chi connectivity index (χ2v) is 6.88. The van der Waals surface area contributed by atoms with E-state index in [-0.39, 0.29) is 5.91 Å². The largest absolute Gasteiger partial charge is 0.370 e. The second kappa shape index (κ2) is 7.13. The third kappa shape index (κ3) is 3.91. The van der Waals surface area contributed by atoms with Crippen molar-refractivity contribution in [1.82, 2.24) is 4.98 Å². The van der Waals surface area contributed by atoms with E-state index >= 15 is 0 Å². The molecule has 2 heterocycles. The molecule has 1 N–H and O–H groups in total. The average molecular weight is 374 g/mol. The summed E-state index contributed by atoms with van der Waals surface area (Å²) in [6.07, 6.45) is 4.30. The topological polar surface area (TPSA) is 45.2 Å². The van der Waals surface area contributed by atoms with Crippen molar-refractivity contribution in [2.75, 3.05) is 23.3 Å². The maximum atomic E-state index is 12.3. The van der Waals surface area contributed by atoms with Crippen LogP contribution < -0.4 is 10.2 Å². The molecular formula is C18H20BrN3O. The van der Waals surface area contributed by atoms with Crippen molar-refractivity contribution >= 4 is 33.2 Å². The van der Waals surface area contributed by atoms with Crippen molar-refractivity contribution in [2.45, 2.75) is 19.8 Å². The monoisotopic (exact) mass is 373 g/mol. The van der Waals surface area contributed by atoms with Crippen molar-refractivity contribution in [3.63, 3.8) is 0 Å². The van der Waals surface area contributed by atoms with Gasteiger partial charge in [-0.2, -0.15) is 0 Å². The summed E-state index contributed by atoms with van der Waals surface area (Å²) in [7, 11) is 0. The maximum absolute atomic E-state index is 12.3. The van der Waals surface area contributed by atoms with Gasteiger partial charge in [-0.05, 0) is 59.0 Å². The number of benzene rings is 1. The van der Waals surface area contributed by atoms with Crippen molar-refractivity contribution in [3.05, 3.63) is 52.8 Å². The van der Waals surface area contributed by atoms with Gasteiger partial charge >= 0.3 is 0 Å². The number of anilines is 2. The Morgan fingerprint density at radius 3 is 2.83 bits per heavy atom. The third-order valence-electron chi connectivity index (χ3n) is 4.12. The minimum atomic E-state index is -0.199. The Bertz CT molecular complexity index is 687. The van der Waals surface area contributed by atoms with Gasteiger partial charge in [-0.1, -0.05) is 19.1 Å². The number of piperidine rings is 1. The first-order chi connectivity index (χ1) is 11.1. The number of carbonyl (C=O) groups excluding carboxylic acids is 1. The molecule has 1 aliphatic rings. The lowest BCUT2D eigenvalue weighted by molar-refractivity contribution is 0.102. The Morgan fingerprint density at radius 2 is 2.13 bits per heavy atom. The fraction of sp³-hybridized carbons (Fsp3) is 0.333. The van der Waals surface area contributed by atoms with Crippen LogP contribution in [0.3, 0.4) is 0 Å². The van der Waals surface area contributed by atoms with Gasteiger partial charge in [0.2, 0.25) is 0 Å². The normalized spacial score (nSPS) is 17.8. The molecule has 1 aliphatic heterocycles. The number of aromatic nitrogens is 1.